The summed E-state index contributed by atoms with van der Waals surface area (Å²) >= 11 is 0. The van der Waals surface area contributed by atoms with Crippen LogP contribution in [0.2, 0.25) is 0 Å². The normalized spacial score (nSPS) is 21.6. The topological polar surface area (TPSA) is 49.3 Å². The Labute approximate surface area is 128 Å². The Hall–Kier alpha value is -1.79. The number of hydrogen-bond donors (Lipinski definition) is 0. The van der Waals surface area contributed by atoms with E-state index in [0.717, 1.165) is 17.9 Å². The molecule has 0 spiro atoms. The summed E-state index contributed by atoms with van der Waals surface area (Å²) in [6.45, 7) is 3.56. The second-order valence-electron chi connectivity index (χ2n) is 6.00. The Bertz CT molecular complexity index is 550. The number of halogens is 2. The van der Waals surface area contributed by atoms with Gasteiger partial charge in [0.2, 0.25) is 5.91 Å². The molecule has 0 aromatic carbocycles. The fourth-order valence-corrected chi connectivity index (χ4v) is 2.89. The van der Waals surface area contributed by atoms with Gasteiger partial charge in [0.05, 0.1) is 5.92 Å². The van der Waals surface area contributed by atoms with Crippen LogP contribution in [-0.2, 0) is 11.2 Å². The number of rotatable bonds is 3. The summed E-state index contributed by atoms with van der Waals surface area (Å²) in [6.07, 6.45) is 1.94. The molecule has 0 radical (unpaired) electrons. The minimum absolute atomic E-state index is 0.00322. The fraction of sp³-hybridized carbons (Fsp3) is 0.667. The summed E-state index contributed by atoms with van der Waals surface area (Å²) in [6, 6.07) is 1.93. The fourth-order valence-electron chi connectivity index (χ4n) is 2.89. The molecule has 0 N–H and O–H groups in total. The van der Waals surface area contributed by atoms with E-state index in [1.165, 1.54) is 6.33 Å². The van der Waals surface area contributed by atoms with E-state index >= 15 is 0 Å². The number of aromatic nitrogens is 2. The molecule has 0 atom stereocenters. The molecule has 1 amide bonds. The van der Waals surface area contributed by atoms with Crippen molar-refractivity contribution in [2.24, 2.45) is 5.92 Å². The van der Waals surface area contributed by atoms with Gasteiger partial charge in [0, 0.05) is 50.8 Å². The highest BCUT2D eigenvalue weighted by molar-refractivity contribution is 5.82. The quantitative estimate of drug-likeness (QED) is 0.853. The summed E-state index contributed by atoms with van der Waals surface area (Å²) in [5.41, 5.74) is 0.970. The van der Waals surface area contributed by atoms with Gasteiger partial charge < -0.3 is 9.80 Å². The van der Waals surface area contributed by atoms with Crippen molar-refractivity contribution in [2.75, 3.05) is 31.1 Å². The molecule has 2 aliphatic heterocycles. The van der Waals surface area contributed by atoms with Crippen LogP contribution in [0.5, 0.6) is 0 Å². The zero-order valence-electron chi connectivity index (χ0n) is 12.6. The number of carbonyl (C=O) groups excluding carboxylic acids is 1. The highest BCUT2D eigenvalue weighted by Gasteiger charge is 2.40. The minimum Gasteiger partial charge on any atom is -0.355 e. The van der Waals surface area contributed by atoms with Crippen molar-refractivity contribution < 1.29 is 13.6 Å². The van der Waals surface area contributed by atoms with Gasteiger partial charge in [0.1, 0.15) is 12.1 Å². The van der Waals surface area contributed by atoms with Gasteiger partial charge in [-0.05, 0) is 6.42 Å². The third-order valence-corrected chi connectivity index (χ3v) is 4.43. The monoisotopic (exact) mass is 310 g/mol. The van der Waals surface area contributed by atoms with Crippen molar-refractivity contribution in [3.05, 3.63) is 18.1 Å². The zero-order valence-corrected chi connectivity index (χ0v) is 12.6. The first-order valence-corrected chi connectivity index (χ1v) is 7.71. The highest BCUT2D eigenvalue weighted by atomic mass is 19.3. The Morgan fingerprint density at radius 1 is 1.32 bits per heavy atom. The predicted molar refractivity (Wildman–Crippen MR) is 77.9 cm³/mol. The molecule has 120 valence electrons. The van der Waals surface area contributed by atoms with Crippen molar-refractivity contribution in [3.63, 3.8) is 0 Å². The smallest absolute Gasteiger partial charge is 0.251 e. The maximum Gasteiger partial charge on any atom is 0.251 e. The molecule has 1 aromatic rings. The van der Waals surface area contributed by atoms with E-state index in [2.05, 4.69) is 9.97 Å². The number of hydrogen-bond acceptors (Lipinski definition) is 4. The molecule has 2 fully saturated rings. The minimum atomic E-state index is -2.61. The average Bonchev–Trinajstić information content (AvgIpc) is 2.46. The molecule has 0 saturated carbocycles. The summed E-state index contributed by atoms with van der Waals surface area (Å²) < 4.78 is 26.3. The average molecular weight is 310 g/mol. The molecule has 0 unspecified atom stereocenters. The van der Waals surface area contributed by atoms with Crippen molar-refractivity contribution in [2.45, 2.75) is 32.1 Å². The maximum absolute atomic E-state index is 13.1. The zero-order chi connectivity index (χ0) is 15.7. The maximum atomic E-state index is 13.1. The van der Waals surface area contributed by atoms with Crippen molar-refractivity contribution >= 4 is 11.7 Å². The lowest BCUT2D eigenvalue weighted by Crippen LogP contribution is -2.56. The van der Waals surface area contributed by atoms with Gasteiger partial charge in [0.25, 0.3) is 5.92 Å². The third-order valence-electron chi connectivity index (χ3n) is 4.43. The standard InChI is InChI=1S/C15H20F2N4O/c1-2-12-7-13(19-10-18-12)21-8-11(9-21)14(22)20-5-3-15(16,17)4-6-20/h7,10-11H,2-6,8-9H2,1H3. The molecular formula is C15H20F2N4O. The van der Waals surface area contributed by atoms with Crippen LogP contribution in [0.4, 0.5) is 14.6 Å². The third kappa shape index (κ3) is 3.03. The molecule has 3 rings (SSSR count). The highest BCUT2D eigenvalue weighted by Crippen LogP contribution is 2.30. The summed E-state index contributed by atoms with van der Waals surface area (Å²) in [7, 11) is 0. The molecular weight excluding hydrogens is 290 g/mol. The van der Waals surface area contributed by atoms with Gasteiger partial charge in [-0.2, -0.15) is 0 Å². The molecule has 0 aliphatic carbocycles. The lowest BCUT2D eigenvalue weighted by Gasteiger charge is -2.42. The van der Waals surface area contributed by atoms with Crippen LogP contribution in [0.15, 0.2) is 12.4 Å². The van der Waals surface area contributed by atoms with Crippen molar-refractivity contribution in [1.82, 2.24) is 14.9 Å². The second kappa shape index (κ2) is 5.78. The Kier molecular flexibility index (Phi) is 3.97. The number of aryl methyl sites for hydroxylation is 1. The predicted octanol–water partition coefficient (Wildman–Crippen LogP) is 1.73. The van der Waals surface area contributed by atoms with Crippen LogP contribution in [0, 0.1) is 5.92 Å². The molecule has 3 heterocycles. The first-order valence-electron chi connectivity index (χ1n) is 7.71. The number of anilines is 1. The first-order chi connectivity index (χ1) is 10.5. The first kappa shape index (κ1) is 15.1. The van der Waals surface area contributed by atoms with Crippen LogP contribution >= 0.6 is 0 Å². The van der Waals surface area contributed by atoms with Gasteiger partial charge >= 0.3 is 0 Å². The number of likely N-dealkylation sites (tertiary alicyclic amines) is 1. The molecule has 0 bridgehead atoms. The summed E-state index contributed by atoms with van der Waals surface area (Å²) in [5, 5.41) is 0. The van der Waals surface area contributed by atoms with Gasteiger partial charge in [-0.1, -0.05) is 6.92 Å². The van der Waals surface area contributed by atoms with Crippen LogP contribution in [-0.4, -0.2) is 52.9 Å². The van der Waals surface area contributed by atoms with E-state index in [0.29, 0.717) is 13.1 Å². The largest absolute Gasteiger partial charge is 0.355 e. The number of amides is 1. The molecule has 22 heavy (non-hydrogen) atoms. The van der Waals surface area contributed by atoms with E-state index in [1.54, 1.807) is 4.90 Å². The number of nitrogens with zero attached hydrogens (tertiary/aromatic N) is 4. The van der Waals surface area contributed by atoms with Gasteiger partial charge in [-0.25, -0.2) is 18.7 Å². The lowest BCUT2D eigenvalue weighted by atomic mass is 9.96. The van der Waals surface area contributed by atoms with Gasteiger partial charge in [-0.3, -0.25) is 4.79 Å². The van der Waals surface area contributed by atoms with Crippen molar-refractivity contribution in [1.29, 1.82) is 0 Å². The van der Waals surface area contributed by atoms with Gasteiger partial charge in [0.15, 0.2) is 0 Å². The Morgan fingerprint density at radius 3 is 2.64 bits per heavy atom. The van der Waals surface area contributed by atoms with E-state index in [1.807, 2.05) is 17.9 Å². The van der Waals surface area contributed by atoms with Crippen LogP contribution in [0.1, 0.15) is 25.5 Å². The second-order valence-corrected chi connectivity index (χ2v) is 6.00. The van der Waals surface area contributed by atoms with Crippen LogP contribution < -0.4 is 4.90 Å². The summed E-state index contributed by atoms with van der Waals surface area (Å²) in [5.74, 6) is -1.88. The molecule has 2 saturated heterocycles. The number of alkyl halides is 2. The number of carbonyl (C=O) groups is 1. The van der Waals surface area contributed by atoms with E-state index in [-0.39, 0.29) is 37.8 Å². The Balaban J connectivity index is 1.53. The van der Waals surface area contributed by atoms with Gasteiger partial charge in [-0.15, -0.1) is 0 Å². The molecule has 2 aliphatic rings. The lowest BCUT2D eigenvalue weighted by molar-refractivity contribution is -0.142. The van der Waals surface area contributed by atoms with E-state index in [9.17, 15) is 13.6 Å². The van der Waals surface area contributed by atoms with Crippen LogP contribution in [0.3, 0.4) is 0 Å². The SMILES string of the molecule is CCc1cc(N2CC(C(=O)N3CCC(F)(F)CC3)C2)ncn1. The Morgan fingerprint density at radius 2 is 2.00 bits per heavy atom. The van der Waals surface area contributed by atoms with Crippen LogP contribution in [0.25, 0.3) is 0 Å². The van der Waals surface area contributed by atoms with E-state index in [4.69, 9.17) is 0 Å². The molecule has 1 aromatic heterocycles. The molecule has 7 heteroatoms. The van der Waals surface area contributed by atoms with E-state index < -0.39 is 5.92 Å². The number of piperidine rings is 1. The van der Waals surface area contributed by atoms with Crippen molar-refractivity contribution in [3.8, 4) is 0 Å². The molecule has 5 nitrogen and oxygen atoms in total. The summed E-state index contributed by atoms with van der Waals surface area (Å²) in [4.78, 5) is 24.3.